The number of benzene rings is 1. The molecule has 1 heterocycles. The smallest absolute Gasteiger partial charge is 0.339 e. The SMILES string of the molecule is O=C(OCC1CCCO1)c1cc(S(=O)(=O)Cl)c(F)cc1Br. The largest absolute Gasteiger partial charge is 0.459 e. The molecule has 2 rings (SSSR count). The van der Waals surface area contributed by atoms with E-state index >= 15 is 0 Å². The molecule has 0 radical (unpaired) electrons. The fourth-order valence-corrected chi connectivity index (χ4v) is 3.28. The van der Waals surface area contributed by atoms with Crippen molar-refractivity contribution in [2.45, 2.75) is 23.8 Å². The molecular formula is C12H11BrClFO5S. The number of halogens is 3. The number of esters is 1. The first-order valence-electron chi connectivity index (χ1n) is 6.01. The van der Waals surface area contributed by atoms with Crippen molar-refractivity contribution in [3.8, 4) is 0 Å². The lowest BCUT2D eigenvalue weighted by Crippen LogP contribution is -2.18. The van der Waals surface area contributed by atoms with Gasteiger partial charge in [0.25, 0.3) is 9.05 Å². The van der Waals surface area contributed by atoms with Crippen molar-refractivity contribution in [2.75, 3.05) is 13.2 Å². The third kappa shape index (κ3) is 4.15. The third-order valence-corrected chi connectivity index (χ3v) is 4.92. The van der Waals surface area contributed by atoms with Crippen molar-refractivity contribution in [2.24, 2.45) is 0 Å². The van der Waals surface area contributed by atoms with Gasteiger partial charge in [0.1, 0.15) is 17.3 Å². The molecule has 0 N–H and O–H groups in total. The van der Waals surface area contributed by atoms with Crippen LogP contribution in [0.1, 0.15) is 23.2 Å². The molecule has 5 nitrogen and oxygen atoms in total. The first kappa shape index (κ1) is 16.7. The summed E-state index contributed by atoms with van der Waals surface area (Å²) in [5.41, 5.74) is -0.117. The minimum atomic E-state index is -4.29. The van der Waals surface area contributed by atoms with Crippen LogP contribution >= 0.6 is 26.6 Å². The number of ether oxygens (including phenoxy) is 2. The molecule has 116 valence electrons. The molecule has 1 aromatic rings. The molecule has 1 unspecified atom stereocenters. The van der Waals surface area contributed by atoms with E-state index in [9.17, 15) is 17.6 Å². The summed E-state index contributed by atoms with van der Waals surface area (Å²) >= 11 is 2.99. The Labute approximate surface area is 133 Å². The van der Waals surface area contributed by atoms with Crippen LogP contribution in [-0.2, 0) is 18.5 Å². The number of carbonyl (C=O) groups is 1. The van der Waals surface area contributed by atoms with Crippen molar-refractivity contribution >= 4 is 41.6 Å². The van der Waals surface area contributed by atoms with E-state index < -0.39 is 25.7 Å². The summed E-state index contributed by atoms with van der Waals surface area (Å²) in [6, 6.07) is 1.71. The molecule has 0 saturated carbocycles. The Bertz CT molecular complexity index is 658. The van der Waals surface area contributed by atoms with Crippen molar-refractivity contribution in [3.63, 3.8) is 0 Å². The van der Waals surface area contributed by atoms with Gasteiger partial charge in [-0.05, 0) is 40.9 Å². The Balaban J connectivity index is 2.20. The molecule has 0 amide bonds. The predicted octanol–water partition coefficient (Wildman–Crippen LogP) is 2.85. The van der Waals surface area contributed by atoms with Gasteiger partial charge in [0.15, 0.2) is 0 Å². The second-order valence-electron chi connectivity index (χ2n) is 4.43. The normalized spacial score (nSPS) is 18.7. The number of carbonyl (C=O) groups excluding carboxylic acids is 1. The second kappa shape index (κ2) is 6.60. The molecular weight excluding hydrogens is 391 g/mol. The predicted molar refractivity (Wildman–Crippen MR) is 76.4 cm³/mol. The average molecular weight is 402 g/mol. The van der Waals surface area contributed by atoms with Crippen LogP contribution in [0, 0.1) is 5.82 Å². The van der Waals surface area contributed by atoms with Crippen LogP contribution in [0.15, 0.2) is 21.5 Å². The summed E-state index contributed by atoms with van der Waals surface area (Å²) in [5, 5.41) is 0. The van der Waals surface area contributed by atoms with E-state index in [1.54, 1.807) is 0 Å². The maximum absolute atomic E-state index is 13.6. The second-order valence-corrected chi connectivity index (χ2v) is 7.82. The maximum Gasteiger partial charge on any atom is 0.339 e. The Morgan fingerprint density at radius 3 is 2.81 bits per heavy atom. The van der Waals surface area contributed by atoms with Crippen molar-refractivity contribution in [3.05, 3.63) is 28.0 Å². The van der Waals surface area contributed by atoms with Gasteiger partial charge >= 0.3 is 5.97 Å². The molecule has 1 aliphatic rings. The van der Waals surface area contributed by atoms with Gasteiger partial charge < -0.3 is 9.47 Å². The molecule has 1 aromatic carbocycles. The highest BCUT2D eigenvalue weighted by atomic mass is 79.9. The van der Waals surface area contributed by atoms with Crippen LogP contribution in [0.5, 0.6) is 0 Å². The Hall–Kier alpha value is -0.700. The van der Waals surface area contributed by atoms with Gasteiger partial charge in [0, 0.05) is 21.8 Å². The fourth-order valence-electron chi connectivity index (χ4n) is 1.89. The van der Waals surface area contributed by atoms with E-state index in [4.69, 9.17) is 20.2 Å². The summed E-state index contributed by atoms with van der Waals surface area (Å²) < 4.78 is 46.5. The Morgan fingerprint density at radius 2 is 2.24 bits per heavy atom. The van der Waals surface area contributed by atoms with Gasteiger partial charge in [-0.1, -0.05) is 0 Å². The highest BCUT2D eigenvalue weighted by molar-refractivity contribution is 9.10. The zero-order chi connectivity index (χ0) is 15.6. The average Bonchev–Trinajstić information content (AvgIpc) is 2.87. The summed E-state index contributed by atoms with van der Waals surface area (Å²) in [4.78, 5) is 11.2. The number of hydrogen-bond acceptors (Lipinski definition) is 5. The topological polar surface area (TPSA) is 69.7 Å². The summed E-state index contributed by atoms with van der Waals surface area (Å²) in [6.07, 6.45) is 1.53. The summed E-state index contributed by atoms with van der Waals surface area (Å²) in [6.45, 7) is 0.683. The van der Waals surface area contributed by atoms with Crippen LogP contribution in [-0.4, -0.2) is 33.7 Å². The number of hydrogen-bond donors (Lipinski definition) is 0. The Kier molecular flexibility index (Phi) is 5.24. The molecule has 0 spiro atoms. The van der Waals surface area contributed by atoms with Crippen LogP contribution < -0.4 is 0 Å². The van der Waals surface area contributed by atoms with Crippen LogP contribution in [0.2, 0.25) is 0 Å². The molecule has 0 aromatic heterocycles. The standard InChI is InChI=1S/C12H11BrClFO5S/c13-9-5-10(15)11(21(14,17)18)4-8(9)12(16)20-6-7-2-1-3-19-7/h4-5,7H,1-3,6H2. The quantitative estimate of drug-likeness (QED) is 0.573. The van der Waals surface area contributed by atoms with Crippen molar-refractivity contribution in [1.29, 1.82) is 0 Å². The Morgan fingerprint density at radius 1 is 1.52 bits per heavy atom. The molecule has 1 atom stereocenters. The molecule has 1 fully saturated rings. The number of rotatable bonds is 4. The van der Waals surface area contributed by atoms with E-state index in [1.807, 2.05) is 0 Å². The van der Waals surface area contributed by atoms with E-state index in [0.29, 0.717) is 6.61 Å². The lowest BCUT2D eigenvalue weighted by atomic mass is 10.2. The van der Waals surface area contributed by atoms with E-state index in [1.165, 1.54) is 0 Å². The lowest BCUT2D eigenvalue weighted by Gasteiger charge is -2.11. The van der Waals surface area contributed by atoms with Crippen LogP contribution in [0.4, 0.5) is 4.39 Å². The molecule has 21 heavy (non-hydrogen) atoms. The van der Waals surface area contributed by atoms with Gasteiger partial charge in [-0.15, -0.1) is 0 Å². The minimum Gasteiger partial charge on any atom is -0.459 e. The molecule has 1 saturated heterocycles. The zero-order valence-corrected chi connectivity index (χ0v) is 13.8. The van der Waals surface area contributed by atoms with E-state index in [2.05, 4.69) is 15.9 Å². The van der Waals surface area contributed by atoms with Crippen LogP contribution in [0.3, 0.4) is 0 Å². The zero-order valence-electron chi connectivity index (χ0n) is 10.6. The lowest BCUT2D eigenvalue weighted by molar-refractivity contribution is 0.0160. The first-order valence-corrected chi connectivity index (χ1v) is 9.11. The first-order chi connectivity index (χ1) is 9.79. The highest BCUT2D eigenvalue weighted by Gasteiger charge is 2.24. The van der Waals surface area contributed by atoms with Gasteiger partial charge in [-0.3, -0.25) is 0 Å². The minimum absolute atomic E-state index is 0.0611. The van der Waals surface area contributed by atoms with Gasteiger partial charge in [-0.25, -0.2) is 17.6 Å². The van der Waals surface area contributed by atoms with Gasteiger partial charge in [0.05, 0.1) is 11.7 Å². The molecule has 1 aliphatic heterocycles. The molecule has 9 heteroatoms. The third-order valence-electron chi connectivity index (χ3n) is 2.93. The van der Waals surface area contributed by atoms with Gasteiger partial charge in [0.2, 0.25) is 0 Å². The molecule has 0 bridgehead atoms. The molecule has 0 aliphatic carbocycles. The highest BCUT2D eigenvalue weighted by Crippen LogP contribution is 2.27. The van der Waals surface area contributed by atoms with Crippen LogP contribution in [0.25, 0.3) is 0 Å². The maximum atomic E-state index is 13.6. The fraction of sp³-hybridized carbons (Fsp3) is 0.417. The monoisotopic (exact) mass is 400 g/mol. The van der Waals surface area contributed by atoms with E-state index in [-0.39, 0.29) is 22.7 Å². The summed E-state index contributed by atoms with van der Waals surface area (Å²) in [5.74, 6) is -1.83. The van der Waals surface area contributed by atoms with E-state index in [0.717, 1.165) is 25.0 Å². The van der Waals surface area contributed by atoms with Crippen molar-refractivity contribution in [1.82, 2.24) is 0 Å². The summed E-state index contributed by atoms with van der Waals surface area (Å²) in [7, 11) is 0.825. The van der Waals surface area contributed by atoms with Crippen molar-refractivity contribution < 1.29 is 27.1 Å². The van der Waals surface area contributed by atoms with Gasteiger partial charge in [-0.2, -0.15) is 0 Å².